The maximum atomic E-state index is 13.4. The van der Waals surface area contributed by atoms with Gasteiger partial charge in [-0.2, -0.15) is 0 Å². The molecule has 2 nitrogen and oxygen atoms in total. The maximum Gasteiger partial charge on any atom is 0.168 e. The molecule has 0 atom stereocenters. The van der Waals surface area contributed by atoms with Crippen LogP contribution in [-0.4, -0.2) is 5.78 Å². The van der Waals surface area contributed by atoms with Gasteiger partial charge >= 0.3 is 0 Å². The molecule has 18 heavy (non-hydrogen) atoms. The molecular formula is C14H10F2O2. The van der Waals surface area contributed by atoms with Crippen LogP contribution in [0.3, 0.4) is 0 Å². The van der Waals surface area contributed by atoms with Gasteiger partial charge in [0.15, 0.2) is 17.3 Å². The summed E-state index contributed by atoms with van der Waals surface area (Å²) in [4.78, 5) is 11.4. The predicted molar refractivity (Wildman–Crippen MR) is 62.9 cm³/mol. The van der Waals surface area contributed by atoms with Gasteiger partial charge in [0.1, 0.15) is 11.6 Å². The minimum Gasteiger partial charge on any atom is -0.454 e. The first kappa shape index (κ1) is 12.2. The normalized spacial score (nSPS) is 10.2. The molecule has 0 bridgehead atoms. The zero-order valence-corrected chi connectivity index (χ0v) is 9.61. The molecule has 2 rings (SSSR count). The highest BCUT2D eigenvalue weighted by atomic mass is 19.1. The lowest BCUT2D eigenvalue weighted by atomic mass is 10.1. The zero-order chi connectivity index (χ0) is 13.1. The van der Waals surface area contributed by atoms with Crippen molar-refractivity contribution in [3.05, 3.63) is 59.7 Å². The van der Waals surface area contributed by atoms with E-state index in [0.717, 1.165) is 12.1 Å². The van der Waals surface area contributed by atoms with Crippen LogP contribution in [0.2, 0.25) is 0 Å². The number of ketones is 1. The molecule has 2 aromatic rings. The first-order valence-electron chi connectivity index (χ1n) is 5.31. The molecule has 0 heterocycles. The van der Waals surface area contributed by atoms with Crippen molar-refractivity contribution in [3.8, 4) is 11.5 Å². The van der Waals surface area contributed by atoms with Gasteiger partial charge in [-0.1, -0.05) is 12.1 Å². The molecule has 2 aromatic carbocycles. The average molecular weight is 248 g/mol. The van der Waals surface area contributed by atoms with E-state index in [-0.39, 0.29) is 17.3 Å². The van der Waals surface area contributed by atoms with Crippen molar-refractivity contribution >= 4 is 5.78 Å². The summed E-state index contributed by atoms with van der Waals surface area (Å²) < 4.78 is 31.5. The number of carbonyl (C=O) groups excluding carboxylic acids is 1. The third-order valence-corrected chi connectivity index (χ3v) is 2.38. The molecule has 0 aromatic heterocycles. The Kier molecular flexibility index (Phi) is 3.37. The van der Waals surface area contributed by atoms with Crippen molar-refractivity contribution < 1.29 is 18.3 Å². The highest BCUT2D eigenvalue weighted by Crippen LogP contribution is 2.27. The van der Waals surface area contributed by atoms with Crippen molar-refractivity contribution in [1.82, 2.24) is 0 Å². The first-order valence-corrected chi connectivity index (χ1v) is 5.31. The van der Waals surface area contributed by atoms with Crippen LogP contribution >= 0.6 is 0 Å². The Morgan fingerprint density at radius 2 is 1.78 bits per heavy atom. The van der Waals surface area contributed by atoms with E-state index in [4.69, 9.17) is 4.74 Å². The molecule has 92 valence electrons. The van der Waals surface area contributed by atoms with E-state index in [1.165, 1.54) is 13.0 Å². The lowest BCUT2D eigenvalue weighted by molar-refractivity contribution is 0.101. The van der Waals surface area contributed by atoms with E-state index in [1.807, 2.05) is 0 Å². The van der Waals surface area contributed by atoms with E-state index >= 15 is 0 Å². The standard InChI is InChI=1S/C14H10F2O2/c1-9(17)11-4-2-3-5-13(11)18-14-7-6-10(15)8-12(14)16/h2-8H,1H3. The molecule has 0 aliphatic carbocycles. The fourth-order valence-corrected chi connectivity index (χ4v) is 1.52. The average Bonchev–Trinajstić information content (AvgIpc) is 2.33. The molecule has 4 heteroatoms. The topological polar surface area (TPSA) is 26.3 Å². The Balaban J connectivity index is 2.37. The lowest BCUT2D eigenvalue weighted by Crippen LogP contribution is -1.97. The fraction of sp³-hybridized carbons (Fsp3) is 0.0714. The first-order chi connectivity index (χ1) is 8.58. The molecule has 0 amide bonds. The summed E-state index contributed by atoms with van der Waals surface area (Å²) in [7, 11) is 0. The van der Waals surface area contributed by atoms with Crippen LogP contribution in [-0.2, 0) is 0 Å². The summed E-state index contributed by atoms with van der Waals surface area (Å²) in [5.74, 6) is -1.55. The Hall–Kier alpha value is -2.23. The summed E-state index contributed by atoms with van der Waals surface area (Å²) in [6.07, 6.45) is 0. The van der Waals surface area contributed by atoms with Gasteiger partial charge in [0, 0.05) is 6.07 Å². The molecule has 0 unspecified atom stereocenters. The van der Waals surface area contributed by atoms with Gasteiger partial charge in [0.25, 0.3) is 0 Å². The van der Waals surface area contributed by atoms with Crippen molar-refractivity contribution in [2.24, 2.45) is 0 Å². The molecule has 0 saturated carbocycles. The zero-order valence-electron chi connectivity index (χ0n) is 9.61. The van der Waals surface area contributed by atoms with Crippen molar-refractivity contribution in [1.29, 1.82) is 0 Å². The van der Waals surface area contributed by atoms with E-state index in [0.29, 0.717) is 5.56 Å². The number of hydrogen-bond acceptors (Lipinski definition) is 2. The molecule has 0 spiro atoms. The highest BCUT2D eigenvalue weighted by molar-refractivity contribution is 5.96. The summed E-state index contributed by atoms with van der Waals surface area (Å²) in [5.41, 5.74) is 0.348. The highest BCUT2D eigenvalue weighted by Gasteiger charge is 2.11. The number of halogens is 2. The van der Waals surface area contributed by atoms with Crippen LogP contribution in [0.5, 0.6) is 11.5 Å². The number of Topliss-reactive ketones (excluding diaryl/α,β-unsaturated/α-hetero) is 1. The van der Waals surface area contributed by atoms with Crippen LogP contribution in [0.4, 0.5) is 8.78 Å². The Labute approximate surface area is 103 Å². The van der Waals surface area contributed by atoms with E-state index < -0.39 is 11.6 Å². The largest absolute Gasteiger partial charge is 0.454 e. The minimum atomic E-state index is -0.812. The predicted octanol–water partition coefficient (Wildman–Crippen LogP) is 3.96. The number of hydrogen-bond donors (Lipinski definition) is 0. The van der Waals surface area contributed by atoms with Gasteiger partial charge < -0.3 is 4.74 Å². The van der Waals surface area contributed by atoms with E-state index in [9.17, 15) is 13.6 Å². The van der Waals surface area contributed by atoms with Gasteiger partial charge in [-0.05, 0) is 31.2 Å². The maximum absolute atomic E-state index is 13.4. The van der Waals surface area contributed by atoms with Crippen LogP contribution in [0, 0.1) is 11.6 Å². The Morgan fingerprint density at radius 1 is 1.06 bits per heavy atom. The smallest absolute Gasteiger partial charge is 0.168 e. The summed E-state index contributed by atoms with van der Waals surface area (Å²) in [5, 5.41) is 0. The van der Waals surface area contributed by atoms with Gasteiger partial charge in [0.05, 0.1) is 5.56 Å². The second-order valence-electron chi connectivity index (χ2n) is 3.73. The number of para-hydroxylation sites is 1. The number of ether oxygens (including phenoxy) is 1. The van der Waals surface area contributed by atoms with E-state index in [2.05, 4.69) is 0 Å². The quantitative estimate of drug-likeness (QED) is 0.768. The molecule has 0 N–H and O–H groups in total. The number of rotatable bonds is 3. The van der Waals surface area contributed by atoms with Crippen LogP contribution < -0.4 is 4.74 Å². The molecule has 0 fully saturated rings. The molecular weight excluding hydrogens is 238 g/mol. The van der Waals surface area contributed by atoms with Crippen molar-refractivity contribution in [2.75, 3.05) is 0 Å². The summed E-state index contributed by atoms with van der Waals surface area (Å²) in [6.45, 7) is 1.39. The Bertz CT molecular complexity index is 594. The Morgan fingerprint density at radius 3 is 2.44 bits per heavy atom. The van der Waals surface area contributed by atoms with Gasteiger partial charge in [-0.3, -0.25) is 4.79 Å². The SMILES string of the molecule is CC(=O)c1ccccc1Oc1ccc(F)cc1F. The van der Waals surface area contributed by atoms with Crippen LogP contribution in [0.25, 0.3) is 0 Å². The van der Waals surface area contributed by atoms with E-state index in [1.54, 1.807) is 24.3 Å². The third kappa shape index (κ3) is 2.53. The number of benzene rings is 2. The summed E-state index contributed by atoms with van der Waals surface area (Å²) in [6, 6.07) is 9.49. The van der Waals surface area contributed by atoms with Gasteiger partial charge in [-0.15, -0.1) is 0 Å². The summed E-state index contributed by atoms with van der Waals surface area (Å²) >= 11 is 0. The molecule has 0 radical (unpaired) electrons. The molecule has 0 aliphatic rings. The molecule has 0 saturated heterocycles. The van der Waals surface area contributed by atoms with Crippen molar-refractivity contribution in [2.45, 2.75) is 6.92 Å². The van der Waals surface area contributed by atoms with Gasteiger partial charge in [0.2, 0.25) is 0 Å². The van der Waals surface area contributed by atoms with Crippen LogP contribution in [0.1, 0.15) is 17.3 Å². The molecule has 0 aliphatic heterocycles. The monoisotopic (exact) mass is 248 g/mol. The minimum absolute atomic E-state index is 0.120. The fourth-order valence-electron chi connectivity index (χ4n) is 1.52. The second-order valence-corrected chi connectivity index (χ2v) is 3.73. The second kappa shape index (κ2) is 4.96. The van der Waals surface area contributed by atoms with Crippen molar-refractivity contribution in [3.63, 3.8) is 0 Å². The third-order valence-electron chi connectivity index (χ3n) is 2.38. The van der Waals surface area contributed by atoms with Gasteiger partial charge in [-0.25, -0.2) is 8.78 Å². The number of carbonyl (C=O) groups is 1. The van der Waals surface area contributed by atoms with Crippen LogP contribution in [0.15, 0.2) is 42.5 Å². The lowest BCUT2D eigenvalue weighted by Gasteiger charge is -2.09.